The van der Waals surface area contributed by atoms with E-state index in [1.54, 1.807) is 6.92 Å². The molecule has 3 nitrogen and oxygen atoms in total. The zero-order valence-electron chi connectivity index (χ0n) is 11.5. The summed E-state index contributed by atoms with van der Waals surface area (Å²) in [7, 11) is 1.84. The molecule has 1 N–H and O–H groups in total. The minimum absolute atomic E-state index is 0.210. The molecule has 1 unspecified atom stereocenters. The maximum atomic E-state index is 12.7. The molecule has 0 fully saturated rings. The van der Waals surface area contributed by atoms with E-state index in [2.05, 4.69) is 15.3 Å². The topological polar surface area (TPSA) is 37.8 Å². The van der Waals surface area contributed by atoms with E-state index >= 15 is 0 Å². The fraction of sp³-hybridized carbons (Fsp3) is 0.429. The molecule has 1 aromatic heterocycles. The number of nitrogens with one attached hydrogen (secondary N) is 1. The summed E-state index contributed by atoms with van der Waals surface area (Å²) in [6.45, 7) is 3.70. The van der Waals surface area contributed by atoms with Gasteiger partial charge in [-0.1, -0.05) is 0 Å². The first-order chi connectivity index (χ1) is 9.31. The monoisotopic (exact) mass is 283 g/mol. The number of alkyl halides is 3. The zero-order chi connectivity index (χ0) is 14.9. The van der Waals surface area contributed by atoms with Crippen molar-refractivity contribution in [2.75, 3.05) is 7.05 Å². The number of aryl methyl sites for hydroxylation is 1. The highest BCUT2D eigenvalue weighted by Crippen LogP contribution is 2.31. The van der Waals surface area contributed by atoms with Crippen molar-refractivity contribution in [1.29, 1.82) is 0 Å². The maximum Gasteiger partial charge on any atom is 0.416 e. The van der Waals surface area contributed by atoms with E-state index in [9.17, 15) is 13.2 Å². The maximum absolute atomic E-state index is 12.7. The third-order valence-electron chi connectivity index (χ3n) is 3.24. The van der Waals surface area contributed by atoms with Gasteiger partial charge in [-0.15, -0.1) is 0 Å². The predicted molar refractivity (Wildman–Crippen MR) is 71.5 cm³/mol. The molecule has 6 heteroatoms. The van der Waals surface area contributed by atoms with Gasteiger partial charge in [-0.2, -0.15) is 13.2 Å². The van der Waals surface area contributed by atoms with E-state index in [0.29, 0.717) is 28.8 Å². The van der Waals surface area contributed by atoms with E-state index < -0.39 is 11.7 Å². The van der Waals surface area contributed by atoms with Gasteiger partial charge in [-0.05, 0) is 39.1 Å². The van der Waals surface area contributed by atoms with Crippen LogP contribution in [-0.4, -0.2) is 23.1 Å². The highest BCUT2D eigenvalue weighted by atomic mass is 19.4. The summed E-state index contributed by atoms with van der Waals surface area (Å²) < 4.78 is 38.1. The number of likely N-dealkylation sites (N-methyl/N-ethyl adjacent to an activating group) is 1. The number of benzene rings is 1. The molecule has 20 heavy (non-hydrogen) atoms. The Labute approximate surface area is 115 Å². The van der Waals surface area contributed by atoms with Gasteiger partial charge >= 0.3 is 6.18 Å². The molecule has 0 aliphatic rings. The normalized spacial score (nSPS) is 13.7. The minimum Gasteiger partial charge on any atom is -0.317 e. The summed E-state index contributed by atoms with van der Waals surface area (Å²) in [5.41, 5.74) is 0.441. The van der Waals surface area contributed by atoms with Gasteiger partial charge < -0.3 is 5.32 Å². The van der Waals surface area contributed by atoms with Crippen molar-refractivity contribution in [2.24, 2.45) is 0 Å². The molecule has 0 amide bonds. The molecule has 0 saturated heterocycles. The van der Waals surface area contributed by atoms with Crippen molar-refractivity contribution in [3.8, 4) is 0 Å². The number of hydrogen-bond donors (Lipinski definition) is 1. The van der Waals surface area contributed by atoms with Crippen molar-refractivity contribution < 1.29 is 13.2 Å². The van der Waals surface area contributed by atoms with Crippen LogP contribution in [0.5, 0.6) is 0 Å². The van der Waals surface area contributed by atoms with Gasteiger partial charge in [-0.25, -0.2) is 9.97 Å². The minimum atomic E-state index is -4.35. The smallest absolute Gasteiger partial charge is 0.317 e. The first-order valence-corrected chi connectivity index (χ1v) is 6.33. The highest BCUT2D eigenvalue weighted by molar-refractivity contribution is 5.81. The molecule has 0 radical (unpaired) electrons. The number of aromatic nitrogens is 2. The molecule has 108 valence electrons. The number of nitrogens with zero attached hydrogens (tertiary/aromatic N) is 2. The molecule has 0 bridgehead atoms. The quantitative estimate of drug-likeness (QED) is 0.940. The fourth-order valence-electron chi connectivity index (χ4n) is 1.98. The van der Waals surface area contributed by atoms with Crippen molar-refractivity contribution in [3.05, 3.63) is 35.3 Å². The lowest BCUT2D eigenvalue weighted by Gasteiger charge is -2.12. The Kier molecular flexibility index (Phi) is 3.94. The van der Waals surface area contributed by atoms with Crippen molar-refractivity contribution in [3.63, 3.8) is 0 Å². The second-order valence-corrected chi connectivity index (χ2v) is 4.85. The molecular weight excluding hydrogens is 267 g/mol. The number of halogens is 3. The lowest BCUT2D eigenvalue weighted by Crippen LogP contribution is -2.24. The van der Waals surface area contributed by atoms with E-state index in [0.717, 1.165) is 12.1 Å². The average molecular weight is 283 g/mol. The summed E-state index contributed by atoms with van der Waals surface area (Å²) in [5.74, 6) is 0.636. The van der Waals surface area contributed by atoms with Gasteiger partial charge in [0.05, 0.1) is 11.1 Å². The van der Waals surface area contributed by atoms with Crippen molar-refractivity contribution in [2.45, 2.75) is 32.5 Å². The van der Waals surface area contributed by atoms with Gasteiger partial charge in [0.2, 0.25) is 0 Å². The second-order valence-electron chi connectivity index (χ2n) is 4.85. The van der Waals surface area contributed by atoms with Crippen molar-refractivity contribution in [1.82, 2.24) is 15.3 Å². The van der Waals surface area contributed by atoms with Gasteiger partial charge in [0.25, 0.3) is 0 Å². The van der Waals surface area contributed by atoms with Gasteiger partial charge in [0.1, 0.15) is 5.82 Å². The Bertz CT molecular complexity index is 623. The Morgan fingerprint density at radius 2 is 1.95 bits per heavy atom. The zero-order valence-corrected chi connectivity index (χ0v) is 11.5. The molecule has 0 saturated carbocycles. The Morgan fingerprint density at radius 1 is 1.25 bits per heavy atom. The molecule has 2 aromatic rings. The third-order valence-corrected chi connectivity index (χ3v) is 3.24. The Hall–Kier alpha value is -1.69. The molecule has 1 aromatic carbocycles. The van der Waals surface area contributed by atoms with Gasteiger partial charge in [-0.3, -0.25) is 0 Å². The molecular formula is C14H16F3N3. The molecule has 1 atom stereocenters. The lowest BCUT2D eigenvalue weighted by atomic mass is 10.1. The van der Waals surface area contributed by atoms with Crippen LogP contribution in [0.3, 0.4) is 0 Å². The second kappa shape index (κ2) is 5.36. The lowest BCUT2D eigenvalue weighted by molar-refractivity contribution is -0.137. The summed E-state index contributed by atoms with van der Waals surface area (Å²) >= 11 is 0. The summed E-state index contributed by atoms with van der Waals surface area (Å²) in [6.07, 6.45) is -3.71. The predicted octanol–water partition coefficient (Wildman–Crippen LogP) is 3.11. The Balaban J connectivity index is 2.47. The molecule has 0 aliphatic carbocycles. The third kappa shape index (κ3) is 3.07. The van der Waals surface area contributed by atoms with Gasteiger partial charge in [0.15, 0.2) is 0 Å². The van der Waals surface area contributed by atoms with Gasteiger partial charge in [0, 0.05) is 23.5 Å². The van der Waals surface area contributed by atoms with Crippen molar-refractivity contribution >= 4 is 10.9 Å². The largest absolute Gasteiger partial charge is 0.416 e. The summed E-state index contributed by atoms with van der Waals surface area (Å²) in [5, 5.41) is 3.53. The molecule has 0 aliphatic heterocycles. The summed E-state index contributed by atoms with van der Waals surface area (Å²) in [6, 6.07) is 3.78. The van der Waals surface area contributed by atoms with E-state index in [4.69, 9.17) is 0 Å². The number of fused-ring (bicyclic) bond motifs is 1. The van der Waals surface area contributed by atoms with E-state index in [1.807, 2.05) is 14.0 Å². The number of hydrogen-bond acceptors (Lipinski definition) is 3. The van der Waals surface area contributed by atoms with Crippen LogP contribution in [0.25, 0.3) is 10.9 Å². The van der Waals surface area contributed by atoms with Crippen LogP contribution in [0.2, 0.25) is 0 Å². The first kappa shape index (κ1) is 14.7. The fourth-order valence-corrected chi connectivity index (χ4v) is 1.98. The van der Waals surface area contributed by atoms with Crippen LogP contribution in [0.15, 0.2) is 18.2 Å². The van der Waals surface area contributed by atoms with Crippen LogP contribution >= 0.6 is 0 Å². The highest BCUT2D eigenvalue weighted by Gasteiger charge is 2.30. The van der Waals surface area contributed by atoms with Crippen LogP contribution in [0.1, 0.15) is 24.0 Å². The first-order valence-electron chi connectivity index (χ1n) is 6.33. The SMILES string of the molecule is CNC(C)Cc1nc(C)c2cc(C(F)(F)F)ccc2n1. The van der Waals surface area contributed by atoms with E-state index in [1.165, 1.54) is 6.07 Å². The molecule has 2 rings (SSSR count). The Morgan fingerprint density at radius 3 is 2.55 bits per heavy atom. The van der Waals surface area contributed by atoms with Crippen LogP contribution in [0.4, 0.5) is 13.2 Å². The van der Waals surface area contributed by atoms with Crippen LogP contribution < -0.4 is 5.32 Å². The van der Waals surface area contributed by atoms with Crippen LogP contribution in [0, 0.1) is 6.92 Å². The summed E-state index contributed by atoms with van der Waals surface area (Å²) in [4.78, 5) is 8.62. The van der Waals surface area contributed by atoms with Crippen LogP contribution in [-0.2, 0) is 12.6 Å². The molecule has 1 heterocycles. The average Bonchev–Trinajstić information content (AvgIpc) is 2.37. The standard InChI is InChI=1S/C14H16F3N3/c1-8(18-3)6-13-19-9(2)11-7-10(14(15,16)17)4-5-12(11)20-13/h4-5,7-8,18H,6H2,1-3H3. The molecule has 0 spiro atoms. The number of rotatable bonds is 3. The van der Waals surface area contributed by atoms with E-state index in [-0.39, 0.29) is 6.04 Å².